The van der Waals surface area contributed by atoms with Crippen molar-refractivity contribution in [3.8, 4) is 0 Å². The van der Waals surface area contributed by atoms with Gasteiger partial charge in [-0.25, -0.2) is 9.18 Å². The Kier molecular flexibility index (Phi) is 4.28. The Balaban J connectivity index is 2.54. The molecule has 1 aromatic rings. The normalized spacial score (nSPS) is 10.3. The molecule has 1 rings (SSSR count). The van der Waals surface area contributed by atoms with Crippen LogP contribution in [0.4, 0.5) is 4.39 Å². The Hall–Kier alpha value is -1.91. The molecule has 0 aliphatic rings. The number of carbonyl (C=O) groups excluding carboxylic acids is 1. The van der Waals surface area contributed by atoms with Crippen LogP contribution in [-0.2, 0) is 9.47 Å². The second-order valence-corrected chi connectivity index (χ2v) is 2.52. The molecule has 0 fully saturated rings. The van der Waals surface area contributed by atoms with Crippen molar-refractivity contribution in [2.75, 3.05) is 6.61 Å². The molecule has 1 aromatic heterocycles. The third-order valence-corrected chi connectivity index (χ3v) is 1.43. The molecule has 0 unspecified atom stereocenters. The molecule has 15 heavy (non-hydrogen) atoms. The van der Waals surface area contributed by atoms with E-state index in [2.05, 4.69) is 9.72 Å². The number of hydrogen-bond donors (Lipinski definition) is 0. The summed E-state index contributed by atoms with van der Waals surface area (Å²) < 4.78 is 22.1. The van der Waals surface area contributed by atoms with E-state index >= 15 is 0 Å². The number of halogens is 1. The lowest BCUT2D eigenvalue weighted by Gasteiger charge is -1.98. The predicted octanol–water partition coefficient (Wildman–Crippen LogP) is 1.89. The Bertz CT molecular complexity index is 365. The Morgan fingerprint density at radius 2 is 2.33 bits per heavy atom. The monoisotopic (exact) mass is 211 g/mol. The molecule has 0 saturated heterocycles. The highest BCUT2D eigenvalue weighted by Gasteiger charge is 2.06. The Morgan fingerprint density at radius 1 is 1.53 bits per heavy atom. The maximum absolute atomic E-state index is 12.7. The van der Waals surface area contributed by atoms with E-state index < -0.39 is 11.8 Å². The highest BCUT2D eigenvalue weighted by molar-refractivity contribution is 5.89. The number of hydrogen-bond acceptors (Lipinski definition) is 4. The first kappa shape index (κ1) is 11.2. The fraction of sp³-hybridized carbons (Fsp3) is 0.200. The van der Waals surface area contributed by atoms with Gasteiger partial charge in [0.15, 0.2) is 0 Å². The van der Waals surface area contributed by atoms with E-state index in [-0.39, 0.29) is 5.56 Å². The summed E-state index contributed by atoms with van der Waals surface area (Å²) in [4.78, 5) is 14.7. The Labute approximate surface area is 86.3 Å². The lowest BCUT2D eigenvalue weighted by molar-refractivity contribution is 0.0651. The maximum atomic E-state index is 12.7. The highest BCUT2D eigenvalue weighted by Crippen LogP contribution is 2.02. The number of pyridine rings is 1. The third kappa shape index (κ3) is 3.76. The molecule has 0 atom stereocenters. The number of esters is 1. The summed E-state index contributed by atoms with van der Waals surface area (Å²) in [5, 5.41) is 0. The number of aromatic nitrogens is 1. The zero-order valence-electron chi connectivity index (χ0n) is 8.14. The molecule has 1 heterocycles. The fourth-order valence-electron chi connectivity index (χ4n) is 0.817. The average Bonchev–Trinajstić information content (AvgIpc) is 2.24. The van der Waals surface area contributed by atoms with E-state index in [4.69, 9.17) is 4.74 Å². The van der Waals surface area contributed by atoms with Crippen molar-refractivity contribution in [3.05, 3.63) is 42.4 Å². The maximum Gasteiger partial charge on any atom is 0.344 e. The molecule has 0 saturated carbocycles. The van der Waals surface area contributed by atoms with Crippen molar-refractivity contribution in [2.45, 2.75) is 6.92 Å². The highest BCUT2D eigenvalue weighted by atomic mass is 19.1. The fourth-order valence-corrected chi connectivity index (χ4v) is 0.817. The van der Waals surface area contributed by atoms with Crippen molar-refractivity contribution in [2.24, 2.45) is 0 Å². The van der Waals surface area contributed by atoms with E-state index in [1.54, 1.807) is 6.92 Å². The number of ether oxygens (including phenoxy) is 2. The first-order valence-corrected chi connectivity index (χ1v) is 4.32. The van der Waals surface area contributed by atoms with Crippen LogP contribution in [0.25, 0.3) is 0 Å². The van der Waals surface area contributed by atoms with E-state index in [0.29, 0.717) is 6.61 Å². The molecule has 80 valence electrons. The van der Waals surface area contributed by atoms with Crippen LogP contribution in [-0.4, -0.2) is 17.6 Å². The summed E-state index contributed by atoms with van der Waals surface area (Å²) >= 11 is 0. The standard InChI is InChI=1S/C10H10FNO3/c1-2-14-3-4-15-10(13)8-5-9(11)7-12-6-8/h3-7H,2H2,1H3. The smallest absolute Gasteiger partial charge is 0.344 e. The van der Waals surface area contributed by atoms with Gasteiger partial charge in [0.2, 0.25) is 0 Å². The van der Waals surface area contributed by atoms with Crippen molar-refractivity contribution in [3.63, 3.8) is 0 Å². The van der Waals surface area contributed by atoms with Gasteiger partial charge in [0, 0.05) is 6.20 Å². The van der Waals surface area contributed by atoms with Gasteiger partial charge >= 0.3 is 5.97 Å². The van der Waals surface area contributed by atoms with Gasteiger partial charge in [0.1, 0.15) is 18.3 Å². The number of rotatable bonds is 4. The minimum Gasteiger partial charge on any atom is -0.498 e. The SMILES string of the molecule is CCOC=COC(=O)c1cncc(F)c1. The topological polar surface area (TPSA) is 48.4 Å². The van der Waals surface area contributed by atoms with E-state index in [1.807, 2.05) is 0 Å². The summed E-state index contributed by atoms with van der Waals surface area (Å²) in [5.41, 5.74) is 0.0520. The molecule has 0 amide bonds. The van der Waals surface area contributed by atoms with Gasteiger partial charge < -0.3 is 9.47 Å². The van der Waals surface area contributed by atoms with Gasteiger partial charge in [-0.1, -0.05) is 0 Å². The molecular weight excluding hydrogens is 201 g/mol. The summed E-state index contributed by atoms with van der Waals surface area (Å²) in [5.74, 6) is -1.27. The molecule has 0 aliphatic carbocycles. The van der Waals surface area contributed by atoms with Crippen LogP contribution in [0, 0.1) is 5.82 Å². The molecule has 0 aromatic carbocycles. The molecule has 0 radical (unpaired) electrons. The average molecular weight is 211 g/mol. The van der Waals surface area contributed by atoms with E-state index in [1.165, 1.54) is 12.5 Å². The van der Waals surface area contributed by atoms with Gasteiger partial charge in [0.05, 0.1) is 18.4 Å². The second kappa shape index (κ2) is 5.74. The molecule has 0 aliphatic heterocycles. The van der Waals surface area contributed by atoms with Crippen LogP contribution >= 0.6 is 0 Å². The van der Waals surface area contributed by atoms with Crippen molar-refractivity contribution in [1.82, 2.24) is 4.98 Å². The molecule has 0 N–H and O–H groups in total. The third-order valence-electron chi connectivity index (χ3n) is 1.43. The van der Waals surface area contributed by atoms with Crippen molar-refractivity contribution < 1.29 is 18.7 Å². The summed E-state index contributed by atoms with van der Waals surface area (Å²) in [6.45, 7) is 2.28. The van der Waals surface area contributed by atoms with Crippen molar-refractivity contribution in [1.29, 1.82) is 0 Å². The second-order valence-electron chi connectivity index (χ2n) is 2.52. The Morgan fingerprint density at radius 3 is 3.00 bits per heavy atom. The molecule has 5 heteroatoms. The predicted molar refractivity (Wildman–Crippen MR) is 50.4 cm³/mol. The summed E-state index contributed by atoms with van der Waals surface area (Å²) in [7, 11) is 0. The van der Waals surface area contributed by atoms with Crippen LogP contribution in [0.15, 0.2) is 31.0 Å². The number of carbonyl (C=O) groups is 1. The van der Waals surface area contributed by atoms with Crippen LogP contribution in [0.2, 0.25) is 0 Å². The van der Waals surface area contributed by atoms with Gasteiger partial charge in [-0.3, -0.25) is 4.98 Å². The van der Waals surface area contributed by atoms with Crippen LogP contribution in [0.1, 0.15) is 17.3 Å². The lowest BCUT2D eigenvalue weighted by Crippen LogP contribution is -2.01. The molecule has 4 nitrogen and oxygen atoms in total. The lowest BCUT2D eigenvalue weighted by atomic mass is 10.3. The van der Waals surface area contributed by atoms with Crippen molar-refractivity contribution >= 4 is 5.97 Å². The van der Waals surface area contributed by atoms with Gasteiger partial charge in [0.25, 0.3) is 0 Å². The molecular formula is C10H10FNO3. The van der Waals surface area contributed by atoms with Crippen LogP contribution in [0.3, 0.4) is 0 Å². The van der Waals surface area contributed by atoms with Gasteiger partial charge in [-0.05, 0) is 13.0 Å². The van der Waals surface area contributed by atoms with E-state index in [0.717, 1.165) is 18.5 Å². The first-order valence-electron chi connectivity index (χ1n) is 4.32. The van der Waals surface area contributed by atoms with E-state index in [9.17, 15) is 9.18 Å². The molecule has 0 bridgehead atoms. The number of nitrogens with zero attached hydrogens (tertiary/aromatic N) is 1. The first-order chi connectivity index (χ1) is 7.24. The summed E-state index contributed by atoms with van der Waals surface area (Å²) in [6, 6.07) is 1.05. The zero-order chi connectivity index (χ0) is 11.1. The minimum atomic E-state index is -0.682. The zero-order valence-corrected chi connectivity index (χ0v) is 8.14. The van der Waals surface area contributed by atoms with Gasteiger partial charge in [-0.2, -0.15) is 0 Å². The van der Waals surface area contributed by atoms with Crippen LogP contribution in [0.5, 0.6) is 0 Å². The quantitative estimate of drug-likeness (QED) is 0.563. The van der Waals surface area contributed by atoms with Gasteiger partial charge in [-0.15, -0.1) is 0 Å². The summed E-state index contributed by atoms with van der Waals surface area (Å²) in [6.07, 6.45) is 4.56. The minimum absolute atomic E-state index is 0.0520. The largest absolute Gasteiger partial charge is 0.498 e. The molecule has 0 spiro atoms. The van der Waals surface area contributed by atoms with Crippen LogP contribution < -0.4 is 0 Å².